The number of nitrogens with two attached hydrogens (primary N) is 2. The number of halogens is 1. The van der Waals surface area contributed by atoms with Crippen molar-refractivity contribution < 1.29 is 8.76 Å². The standard InChI is InChI=1S/C10H10ClN5O2S/c11-7-3-5(4-19(17)18)1-2-6(7)8-9(12)14-10(13)16-15-8/h1-3H,4H2,(H,17,18)(H4,12,13,14,16). The Hall–Kier alpha value is -1.77. The molecule has 2 aromatic rings. The number of rotatable bonds is 3. The molecule has 100 valence electrons. The van der Waals surface area contributed by atoms with Gasteiger partial charge < -0.3 is 16.0 Å². The lowest BCUT2D eigenvalue weighted by molar-refractivity contribution is 0.563. The molecule has 5 N–H and O–H groups in total. The first-order chi connectivity index (χ1) is 8.97. The molecule has 0 aliphatic rings. The van der Waals surface area contributed by atoms with Gasteiger partial charge in [-0.25, -0.2) is 4.21 Å². The fourth-order valence-corrected chi connectivity index (χ4v) is 2.28. The molecule has 2 rings (SSSR count). The minimum Gasteiger partial charge on any atom is -0.382 e. The molecule has 1 atom stereocenters. The van der Waals surface area contributed by atoms with Crippen LogP contribution in [0.5, 0.6) is 0 Å². The Balaban J connectivity index is 2.43. The van der Waals surface area contributed by atoms with Crippen LogP contribution >= 0.6 is 11.6 Å². The van der Waals surface area contributed by atoms with Crippen LogP contribution in [0.2, 0.25) is 5.02 Å². The van der Waals surface area contributed by atoms with Gasteiger partial charge in [-0.1, -0.05) is 23.7 Å². The van der Waals surface area contributed by atoms with Crippen LogP contribution in [-0.4, -0.2) is 23.9 Å². The smallest absolute Gasteiger partial charge is 0.242 e. The van der Waals surface area contributed by atoms with Gasteiger partial charge in [0.1, 0.15) is 5.69 Å². The third kappa shape index (κ3) is 3.16. The van der Waals surface area contributed by atoms with Gasteiger partial charge >= 0.3 is 0 Å². The summed E-state index contributed by atoms with van der Waals surface area (Å²) < 4.78 is 19.5. The third-order valence-electron chi connectivity index (χ3n) is 2.31. The number of aromatic nitrogens is 3. The van der Waals surface area contributed by atoms with Gasteiger partial charge in [0.15, 0.2) is 16.9 Å². The summed E-state index contributed by atoms with van der Waals surface area (Å²) >= 11 is 4.17. The van der Waals surface area contributed by atoms with Crippen molar-refractivity contribution >= 4 is 34.4 Å². The highest BCUT2D eigenvalue weighted by molar-refractivity contribution is 7.78. The molecular formula is C10H10ClN5O2S. The van der Waals surface area contributed by atoms with Crippen molar-refractivity contribution in [1.29, 1.82) is 0 Å². The zero-order valence-electron chi connectivity index (χ0n) is 9.58. The SMILES string of the molecule is Nc1nnc(-c2ccc(CS(=O)O)cc2Cl)c(N)n1. The molecule has 7 nitrogen and oxygen atoms in total. The molecule has 0 fully saturated rings. The molecule has 1 unspecified atom stereocenters. The van der Waals surface area contributed by atoms with Crippen molar-refractivity contribution in [1.82, 2.24) is 15.2 Å². The van der Waals surface area contributed by atoms with Gasteiger partial charge in [0, 0.05) is 5.56 Å². The zero-order valence-corrected chi connectivity index (χ0v) is 11.1. The summed E-state index contributed by atoms with van der Waals surface area (Å²) in [4.78, 5) is 3.80. The molecule has 0 aliphatic heterocycles. The summed E-state index contributed by atoms with van der Waals surface area (Å²) in [6.45, 7) is 0. The lowest BCUT2D eigenvalue weighted by atomic mass is 10.1. The topological polar surface area (TPSA) is 128 Å². The maximum absolute atomic E-state index is 10.7. The summed E-state index contributed by atoms with van der Waals surface area (Å²) in [5.41, 5.74) is 12.5. The Morgan fingerprint density at radius 2 is 2.05 bits per heavy atom. The monoisotopic (exact) mass is 299 g/mol. The first kappa shape index (κ1) is 13.7. The average Bonchev–Trinajstić information content (AvgIpc) is 2.30. The maximum Gasteiger partial charge on any atom is 0.242 e. The fraction of sp³-hybridized carbons (Fsp3) is 0.100. The van der Waals surface area contributed by atoms with Gasteiger partial charge in [0.2, 0.25) is 5.95 Å². The highest BCUT2D eigenvalue weighted by atomic mass is 35.5. The van der Waals surface area contributed by atoms with E-state index >= 15 is 0 Å². The molecular weight excluding hydrogens is 290 g/mol. The van der Waals surface area contributed by atoms with Gasteiger partial charge in [-0.15, -0.1) is 10.2 Å². The first-order valence-electron chi connectivity index (χ1n) is 5.09. The van der Waals surface area contributed by atoms with Crippen LogP contribution < -0.4 is 11.5 Å². The van der Waals surface area contributed by atoms with E-state index in [-0.39, 0.29) is 17.5 Å². The van der Waals surface area contributed by atoms with Crippen LogP contribution in [0, 0.1) is 0 Å². The molecule has 1 aromatic heterocycles. The van der Waals surface area contributed by atoms with E-state index in [2.05, 4.69) is 15.2 Å². The van der Waals surface area contributed by atoms with Crippen LogP contribution in [0.3, 0.4) is 0 Å². The minimum atomic E-state index is -1.92. The Morgan fingerprint density at radius 1 is 1.32 bits per heavy atom. The predicted octanol–water partition coefficient (Wildman–Crippen LogP) is 1.08. The molecule has 0 amide bonds. The molecule has 1 heterocycles. The number of nitrogens with zero attached hydrogens (tertiary/aromatic N) is 3. The molecule has 9 heteroatoms. The van der Waals surface area contributed by atoms with Gasteiger partial charge in [-0.3, -0.25) is 0 Å². The van der Waals surface area contributed by atoms with Crippen LogP contribution in [0.25, 0.3) is 11.3 Å². The van der Waals surface area contributed by atoms with Crippen molar-refractivity contribution in [3.8, 4) is 11.3 Å². The Labute approximate surface area is 116 Å². The van der Waals surface area contributed by atoms with Gasteiger partial charge in [-0.05, 0) is 11.6 Å². The molecule has 19 heavy (non-hydrogen) atoms. The van der Waals surface area contributed by atoms with Gasteiger partial charge in [-0.2, -0.15) is 4.98 Å². The lowest BCUT2D eigenvalue weighted by Crippen LogP contribution is -2.04. The fourth-order valence-electron chi connectivity index (χ4n) is 1.53. The highest BCUT2D eigenvalue weighted by Crippen LogP contribution is 2.30. The molecule has 0 saturated heterocycles. The van der Waals surface area contributed by atoms with Crippen molar-refractivity contribution in [3.05, 3.63) is 28.8 Å². The van der Waals surface area contributed by atoms with Crippen LogP contribution in [0.15, 0.2) is 18.2 Å². The normalized spacial score (nSPS) is 12.3. The van der Waals surface area contributed by atoms with Crippen LogP contribution in [0.1, 0.15) is 5.56 Å². The van der Waals surface area contributed by atoms with E-state index in [4.69, 9.17) is 27.6 Å². The van der Waals surface area contributed by atoms with E-state index in [1.807, 2.05) is 0 Å². The highest BCUT2D eigenvalue weighted by Gasteiger charge is 2.12. The summed E-state index contributed by atoms with van der Waals surface area (Å²) in [6.07, 6.45) is 0. The third-order valence-corrected chi connectivity index (χ3v) is 3.20. The average molecular weight is 300 g/mol. The van der Waals surface area contributed by atoms with Crippen LogP contribution in [0.4, 0.5) is 11.8 Å². The van der Waals surface area contributed by atoms with Crippen molar-refractivity contribution in [2.24, 2.45) is 0 Å². The maximum atomic E-state index is 10.7. The van der Waals surface area contributed by atoms with Crippen molar-refractivity contribution in [3.63, 3.8) is 0 Å². The van der Waals surface area contributed by atoms with E-state index in [9.17, 15) is 4.21 Å². The predicted molar refractivity (Wildman–Crippen MR) is 73.6 cm³/mol. The second-order valence-electron chi connectivity index (χ2n) is 3.68. The molecule has 0 spiro atoms. The van der Waals surface area contributed by atoms with E-state index in [0.29, 0.717) is 21.8 Å². The quantitative estimate of drug-likeness (QED) is 0.723. The van der Waals surface area contributed by atoms with E-state index in [0.717, 1.165) is 0 Å². The molecule has 0 aliphatic carbocycles. The summed E-state index contributed by atoms with van der Waals surface area (Å²) in [5, 5.41) is 7.80. The van der Waals surface area contributed by atoms with Gasteiger partial charge in [0.25, 0.3) is 0 Å². The Morgan fingerprint density at radius 3 is 2.63 bits per heavy atom. The largest absolute Gasteiger partial charge is 0.382 e. The zero-order chi connectivity index (χ0) is 14.0. The minimum absolute atomic E-state index is 0.00114. The molecule has 0 bridgehead atoms. The van der Waals surface area contributed by atoms with Gasteiger partial charge in [0.05, 0.1) is 10.8 Å². The van der Waals surface area contributed by atoms with E-state index in [1.165, 1.54) is 0 Å². The second-order valence-corrected chi connectivity index (χ2v) is 5.02. The summed E-state index contributed by atoms with van der Waals surface area (Å²) in [6, 6.07) is 4.87. The van der Waals surface area contributed by atoms with E-state index < -0.39 is 11.1 Å². The number of hydrogen-bond donors (Lipinski definition) is 3. The lowest BCUT2D eigenvalue weighted by Gasteiger charge is -2.07. The van der Waals surface area contributed by atoms with Crippen LogP contribution in [-0.2, 0) is 16.8 Å². The summed E-state index contributed by atoms with van der Waals surface area (Å²) in [5.74, 6) is 0.0961. The first-order valence-corrected chi connectivity index (χ1v) is 6.74. The number of hydrogen-bond acceptors (Lipinski definition) is 6. The molecule has 1 aromatic carbocycles. The number of benzene rings is 1. The molecule has 0 radical (unpaired) electrons. The summed E-state index contributed by atoms with van der Waals surface area (Å²) in [7, 11) is 0. The number of nitrogen functional groups attached to an aromatic ring is 2. The Bertz CT molecular complexity index is 652. The Kier molecular flexibility index (Phi) is 3.93. The second kappa shape index (κ2) is 5.47. The van der Waals surface area contributed by atoms with Crippen molar-refractivity contribution in [2.45, 2.75) is 5.75 Å². The van der Waals surface area contributed by atoms with Crippen molar-refractivity contribution in [2.75, 3.05) is 11.5 Å². The van der Waals surface area contributed by atoms with E-state index in [1.54, 1.807) is 18.2 Å². The number of anilines is 2. The molecule has 0 saturated carbocycles.